The molecule has 102 valence electrons. The molecule has 0 spiro atoms. The highest BCUT2D eigenvalue weighted by Gasteiger charge is 2.19. The van der Waals surface area contributed by atoms with Gasteiger partial charge < -0.3 is 5.73 Å². The zero-order chi connectivity index (χ0) is 14.3. The third kappa shape index (κ3) is 2.05. The molecule has 4 nitrogen and oxygen atoms in total. The zero-order valence-corrected chi connectivity index (χ0v) is 11.3. The van der Waals surface area contributed by atoms with Crippen molar-refractivity contribution in [2.75, 3.05) is 5.73 Å². The number of anilines is 1. The molecule has 3 rings (SSSR count). The number of thiazole rings is 1. The van der Waals surface area contributed by atoms with Crippen molar-refractivity contribution in [3.8, 4) is 21.7 Å². The molecule has 0 saturated carbocycles. The summed E-state index contributed by atoms with van der Waals surface area (Å²) in [6.45, 7) is 0. The molecule has 0 bridgehead atoms. The van der Waals surface area contributed by atoms with Gasteiger partial charge in [0.15, 0.2) is 0 Å². The molecule has 0 saturated heterocycles. The van der Waals surface area contributed by atoms with Gasteiger partial charge in [-0.05, 0) is 17.7 Å². The average molecular weight is 292 g/mol. The van der Waals surface area contributed by atoms with Crippen molar-refractivity contribution < 1.29 is 8.78 Å². The van der Waals surface area contributed by atoms with Gasteiger partial charge in [-0.15, -0.1) is 11.3 Å². The Balaban J connectivity index is 2.27. The lowest BCUT2D eigenvalue weighted by atomic mass is 10.0. The summed E-state index contributed by atoms with van der Waals surface area (Å²) in [5.41, 5.74) is 9.08. The lowest BCUT2D eigenvalue weighted by Crippen LogP contribution is -1.98. The molecule has 0 aliphatic heterocycles. The molecule has 3 aromatic rings. The van der Waals surface area contributed by atoms with E-state index in [-0.39, 0.29) is 0 Å². The molecule has 0 atom stereocenters. The molecule has 2 N–H and O–H groups in total. The van der Waals surface area contributed by atoms with Gasteiger partial charge in [0.2, 0.25) is 0 Å². The Morgan fingerprint density at radius 3 is 2.50 bits per heavy atom. The summed E-state index contributed by atoms with van der Waals surface area (Å²) in [5, 5.41) is 4.31. The smallest absolute Gasteiger partial charge is 0.129 e. The summed E-state index contributed by atoms with van der Waals surface area (Å²) in [4.78, 5) is 4.78. The number of aromatic nitrogens is 3. The van der Waals surface area contributed by atoms with Crippen molar-refractivity contribution >= 4 is 17.2 Å². The molecule has 0 radical (unpaired) electrons. The summed E-state index contributed by atoms with van der Waals surface area (Å²) < 4.78 is 28.3. The largest absolute Gasteiger partial charge is 0.383 e. The van der Waals surface area contributed by atoms with Crippen LogP contribution < -0.4 is 5.73 Å². The topological polar surface area (TPSA) is 56.7 Å². The molecule has 0 unspecified atom stereocenters. The van der Waals surface area contributed by atoms with Gasteiger partial charge in [0.1, 0.15) is 23.1 Å². The summed E-state index contributed by atoms with van der Waals surface area (Å²) in [5.74, 6) is -0.963. The van der Waals surface area contributed by atoms with Crippen LogP contribution in [0.3, 0.4) is 0 Å². The molecular formula is C13H10F2N4S. The normalized spacial score (nSPS) is 10.9. The Labute approximate surface area is 117 Å². The van der Waals surface area contributed by atoms with Crippen LogP contribution in [0.4, 0.5) is 14.6 Å². The van der Waals surface area contributed by atoms with Crippen molar-refractivity contribution in [3.05, 3.63) is 41.5 Å². The van der Waals surface area contributed by atoms with Crippen LogP contribution in [0, 0.1) is 11.6 Å². The maximum Gasteiger partial charge on any atom is 0.129 e. The molecule has 0 aliphatic rings. The highest BCUT2D eigenvalue weighted by Crippen LogP contribution is 2.37. The van der Waals surface area contributed by atoms with Gasteiger partial charge in [-0.25, -0.2) is 8.78 Å². The number of hydrogen-bond acceptors (Lipinski definition) is 4. The van der Waals surface area contributed by atoms with Crippen LogP contribution in [-0.2, 0) is 7.05 Å². The first-order valence-electron chi connectivity index (χ1n) is 5.74. The Bertz CT molecular complexity index is 745. The van der Waals surface area contributed by atoms with Gasteiger partial charge in [0, 0.05) is 19.3 Å². The van der Waals surface area contributed by atoms with Crippen LogP contribution in [0.25, 0.3) is 21.7 Å². The molecule has 2 heterocycles. The van der Waals surface area contributed by atoms with E-state index >= 15 is 0 Å². The Kier molecular flexibility index (Phi) is 2.98. The number of benzene rings is 1. The van der Waals surface area contributed by atoms with Crippen LogP contribution >= 0.6 is 11.3 Å². The number of nitrogens with zero attached hydrogens (tertiary/aromatic N) is 3. The molecule has 0 fully saturated rings. The van der Waals surface area contributed by atoms with E-state index in [1.54, 1.807) is 18.8 Å². The molecule has 0 aliphatic carbocycles. The quantitative estimate of drug-likeness (QED) is 0.789. The third-order valence-corrected chi connectivity index (χ3v) is 3.69. The highest BCUT2D eigenvalue weighted by atomic mass is 32.1. The van der Waals surface area contributed by atoms with Crippen molar-refractivity contribution in [1.82, 2.24) is 14.8 Å². The Hall–Kier alpha value is -2.28. The first-order valence-corrected chi connectivity index (χ1v) is 6.62. The minimum Gasteiger partial charge on any atom is -0.383 e. The molecule has 20 heavy (non-hydrogen) atoms. The number of nitrogens with two attached hydrogens (primary N) is 1. The van der Waals surface area contributed by atoms with Gasteiger partial charge in [0.25, 0.3) is 0 Å². The number of aryl methyl sites for hydroxylation is 1. The van der Waals surface area contributed by atoms with Crippen LogP contribution in [0.5, 0.6) is 0 Å². The Morgan fingerprint density at radius 2 is 1.90 bits per heavy atom. The standard InChI is InChI=1S/C13H10F2N4S/c1-19-13(16)11(7-2-8(14)4-9(15)3-7)12(18-19)10-5-17-6-20-10/h2-6H,16H2,1H3. The molecule has 1 aromatic carbocycles. The fraction of sp³-hybridized carbons (Fsp3) is 0.0769. The van der Waals surface area contributed by atoms with Crippen LogP contribution in [-0.4, -0.2) is 14.8 Å². The van der Waals surface area contributed by atoms with E-state index in [9.17, 15) is 8.78 Å². The van der Waals surface area contributed by atoms with Gasteiger partial charge in [-0.3, -0.25) is 9.67 Å². The van der Waals surface area contributed by atoms with Crippen molar-refractivity contribution in [2.24, 2.45) is 7.05 Å². The number of rotatable bonds is 2. The summed E-state index contributed by atoms with van der Waals surface area (Å²) in [6, 6.07) is 3.30. The van der Waals surface area contributed by atoms with E-state index in [1.807, 2.05) is 0 Å². The molecule has 0 amide bonds. The predicted molar refractivity (Wildman–Crippen MR) is 74.1 cm³/mol. The maximum absolute atomic E-state index is 13.4. The Morgan fingerprint density at radius 1 is 1.20 bits per heavy atom. The lowest BCUT2D eigenvalue weighted by molar-refractivity contribution is 0.584. The monoisotopic (exact) mass is 292 g/mol. The van der Waals surface area contributed by atoms with E-state index in [1.165, 1.54) is 28.2 Å². The fourth-order valence-electron chi connectivity index (χ4n) is 2.02. The van der Waals surface area contributed by atoms with E-state index in [4.69, 9.17) is 5.73 Å². The van der Waals surface area contributed by atoms with Crippen molar-refractivity contribution in [2.45, 2.75) is 0 Å². The SMILES string of the molecule is Cn1nc(-c2cncs2)c(-c2cc(F)cc(F)c2)c1N. The second-order valence-electron chi connectivity index (χ2n) is 4.26. The predicted octanol–water partition coefficient (Wildman–Crippen LogP) is 3.07. The molecule has 7 heteroatoms. The third-order valence-electron chi connectivity index (χ3n) is 2.91. The summed E-state index contributed by atoms with van der Waals surface area (Å²) in [6.07, 6.45) is 1.64. The van der Waals surface area contributed by atoms with Crippen molar-refractivity contribution in [1.29, 1.82) is 0 Å². The number of hydrogen-bond donors (Lipinski definition) is 1. The van der Waals surface area contributed by atoms with Gasteiger partial charge >= 0.3 is 0 Å². The number of nitrogen functional groups attached to an aromatic ring is 1. The summed E-state index contributed by atoms with van der Waals surface area (Å²) >= 11 is 1.39. The summed E-state index contributed by atoms with van der Waals surface area (Å²) in [7, 11) is 1.68. The minimum absolute atomic E-state index is 0.346. The van der Waals surface area contributed by atoms with Gasteiger partial charge in [-0.2, -0.15) is 5.10 Å². The van der Waals surface area contributed by atoms with Crippen LogP contribution in [0.15, 0.2) is 29.9 Å². The van der Waals surface area contributed by atoms with E-state index in [2.05, 4.69) is 10.1 Å². The minimum atomic E-state index is -0.654. The maximum atomic E-state index is 13.4. The van der Waals surface area contributed by atoms with Gasteiger partial charge in [-0.1, -0.05) is 0 Å². The zero-order valence-electron chi connectivity index (χ0n) is 10.5. The van der Waals surface area contributed by atoms with E-state index < -0.39 is 11.6 Å². The van der Waals surface area contributed by atoms with Crippen molar-refractivity contribution in [3.63, 3.8) is 0 Å². The highest BCUT2D eigenvalue weighted by molar-refractivity contribution is 7.13. The first-order chi connectivity index (χ1) is 9.56. The fourth-order valence-corrected chi connectivity index (χ4v) is 2.64. The lowest BCUT2D eigenvalue weighted by Gasteiger charge is -2.04. The van der Waals surface area contributed by atoms with Gasteiger partial charge in [0.05, 0.1) is 16.0 Å². The van der Waals surface area contributed by atoms with E-state index in [0.717, 1.165) is 10.9 Å². The molecule has 2 aromatic heterocycles. The molecular weight excluding hydrogens is 282 g/mol. The number of halogens is 2. The van der Waals surface area contributed by atoms with E-state index in [0.29, 0.717) is 22.6 Å². The second-order valence-corrected chi connectivity index (χ2v) is 5.14. The second kappa shape index (κ2) is 4.68. The first kappa shape index (κ1) is 12.7. The van der Waals surface area contributed by atoms with Crippen LogP contribution in [0.1, 0.15) is 0 Å². The van der Waals surface area contributed by atoms with Crippen LogP contribution in [0.2, 0.25) is 0 Å². The average Bonchev–Trinajstić information content (AvgIpc) is 2.97.